The van der Waals surface area contributed by atoms with Gasteiger partial charge in [-0.15, -0.1) is 0 Å². The zero-order chi connectivity index (χ0) is 15.6. The number of anilines is 1. The van der Waals surface area contributed by atoms with Gasteiger partial charge in [-0.3, -0.25) is 4.79 Å². The van der Waals surface area contributed by atoms with Gasteiger partial charge in [0.1, 0.15) is 22.3 Å². The summed E-state index contributed by atoms with van der Waals surface area (Å²) < 4.78 is 13.1. The number of carboxylic acids is 1. The van der Waals surface area contributed by atoms with Gasteiger partial charge in [0.25, 0.3) is 5.91 Å². The normalized spacial score (nSPS) is 10.2. The number of carbonyl (C=O) groups excluding carboxylic acids is 1. The average molecular weight is 311 g/mol. The van der Waals surface area contributed by atoms with Crippen molar-refractivity contribution < 1.29 is 24.2 Å². The van der Waals surface area contributed by atoms with E-state index in [-0.39, 0.29) is 22.0 Å². The van der Waals surface area contributed by atoms with E-state index >= 15 is 0 Å². The Morgan fingerprint density at radius 3 is 2.62 bits per heavy atom. The second-order valence-electron chi connectivity index (χ2n) is 3.98. The molecule has 0 saturated carbocycles. The minimum atomic E-state index is -1.35. The molecule has 0 aliphatic rings. The molecule has 0 fully saturated rings. The minimum absolute atomic E-state index is 0.107. The van der Waals surface area contributed by atoms with Crippen molar-refractivity contribution in [1.29, 1.82) is 0 Å². The van der Waals surface area contributed by atoms with Crippen molar-refractivity contribution in [2.75, 3.05) is 5.32 Å². The summed E-state index contributed by atoms with van der Waals surface area (Å²) in [7, 11) is 0. The Hall–Kier alpha value is -2.67. The molecule has 0 radical (unpaired) electrons. The zero-order valence-corrected chi connectivity index (χ0v) is 11.1. The number of hydrogen-bond acceptors (Lipinski definition) is 4. The number of aromatic hydroxyl groups is 1. The Morgan fingerprint density at radius 2 is 1.95 bits per heavy atom. The first-order valence-electron chi connectivity index (χ1n) is 5.57. The van der Waals surface area contributed by atoms with Crippen molar-refractivity contribution in [3.8, 4) is 5.75 Å². The van der Waals surface area contributed by atoms with Gasteiger partial charge in [0, 0.05) is 5.69 Å². The predicted octanol–water partition coefficient (Wildman–Crippen LogP) is 2.53. The molecule has 1 aromatic heterocycles. The number of benzene rings is 1. The van der Waals surface area contributed by atoms with E-state index in [1.807, 2.05) is 0 Å². The number of aromatic carboxylic acids is 1. The van der Waals surface area contributed by atoms with E-state index in [0.717, 1.165) is 24.4 Å². The quantitative estimate of drug-likeness (QED) is 0.597. The van der Waals surface area contributed by atoms with E-state index in [0.29, 0.717) is 0 Å². The SMILES string of the molecule is O=C(O)c1cc(NC(=O)c2cc(F)cnc2Cl)ccc1O. The summed E-state index contributed by atoms with van der Waals surface area (Å²) in [5.41, 5.74) is -0.464. The molecule has 0 aliphatic heterocycles. The van der Waals surface area contributed by atoms with E-state index < -0.39 is 23.4 Å². The Labute approximate surface area is 122 Å². The summed E-state index contributed by atoms with van der Waals surface area (Å²) in [6.45, 7) is 0. The molecule has 6 nitrogen and oxygen atoms in total. The molecule has 0 bridgehead atoms. The molecule has 108 valence electrons. The third-order valence-corrected chi connectivity index (χ3v) is 2.84. The van der Waals surface area contributed by atoms with E-state index in [1.165, 1.54) is 6.07 Å². The lowest BCUT2D eigenvalue weighted by molar-refractivity contribution is 0.0693. The number of nitrogens with one attached hydrogen (secondary N) is 1. The third-order valence-electron chi connectivity index (χ3n) is 2.54. The second-order valence-corrected chi connectivity index (χ2v) is 4.34. The van der Waals surface area contributed by atoms with Crippen LogP contribution < -0.4 is 5.32 Å². The van der Waals surface area contributed by atoms with Crippen molar-refractivity contribution in [1.82, 2.24) is 4.98 Å². The van der Waals surface area contributed by atoms with Crippen LogP contribution in [0.3, 0.4) is 0 Å². The number of pyridine rings is 1. The van der Waals surface area contributed by atoms with Crippen LogP contribution in [0.1, 0.15) is 20.7 Å². The van der Waals surface area contributed by atoms with Gasteiger partial charge in [-0.05, 0) is 24.3 Å². The summed E-state index contributed by atoms with van der Waals surface area (Å²) in [6.07, 6.45) is 0.863. The molecule has 0 unspecified atom stereocenters. The predicted molar refractivity (Wildman–Crippen MR) is 72.2 cm³/mol. The molecule has 0 spiro atoms. The largest absolute Gasteiger partial charge is 0.507 e. The number of phenols is 1. The molecule has 8 heteroatoms. The van der Waals surface area contributed by atoms with Crippen molar-refractivity contribution in [3.63, 3.8) is 0 Å². The first-order chi connectivity index (χ1) is 9.88. The Bertz CT molecular complexity index is 736. The molecule has 2 rings (SSSR count). The van der Waals surface area contributed by atoms with Crippen molar-refractivity contribution in [2.24, 2.45) is 0 Å². The van der Waals surface area contributed by atoms with Gasteiger partial charge in [-0.2, -0.15) is 0 Å². The fraction of sp³-hybridized carbons (Fsp3) is 0. The topological polar surface area (TPSA) is 99.5 Å². The average Bonchev–Trinajstić information content (AvgIpc) is 2.43. The molecular formula is C13H8ClFN2O4. The highest BCUT2D eigenvalue weighted by Gasteiger charge is 2.15. The molecule has 0 aliphatic carbocycles. The zero-order valence-electron chi connectivity index (χ0n) is 10.3. The van der Waals surface area contributed by atoms with E-state index in [9.17, 15) is 19.1 Å². The number of aromatic nitrogens is 1. The number of nitrogens with zero attached hydrogens (tertiary/aromatic N) is 1. The van der Waals surface area contributed by atoms with Crippen LogP contribution in [-0.2, 0) is 0 Å². The summed E-state index contributed by atoms with van der Waals surface area (Å²) in [5, 5.41) is 20.4. The molecule has 1 heterocycles. The maximum absolute atomic E-state index is 13.1. The molecule has 1 amide bonds. The number of hydrogen-bond donors (Lipinski definition) is 3. The first kappa shape index (κ1) is 14.7. The van der Waals surface area contributed by atoms with Gasteiger partial charge in [-0.1, -0.05) is 11.6 Å². The summed E-state index contributed by atoms with van der Waals surface area (Å²) in [5.74, 6) is -3.28. The minimum Gasteiger partial charge on any atom is -0.507 e. The van der Waals surface area contributed by atoms with Crippen LogP contribution in [0.2, 0.25) is 5.15 Å². The number of carboxylic acid groups (broad SMARTS) is 1. The molecule has 0 saturated heterocycles. The molecule has 21 heavy (non-hydrogen) atoms. The summed E-state index contributed by atoms with van der Waals surface area (Å²) in [4.78, 5) is 26.3. The first-order valence-corrected chi connectivity index (χ1v) is 5.95. The van der Waals surface area contributed by atoms with Gasteiger partial charge in [0.15, 0.2) is 0 Å². The van der Waals surface area contributed by atoms with Crippen molar-refractivity contribution in [2.45, 2.75) is 0 Å². The standard InChI is InChI=1S/C13H8ClFN2O4/c14-11-9(3-6(15)5-16-11)12(19)17-7-1-2-10(18)8(4-7)13(20)21/h1-5,18H,(H,17,19)(H,20,21). The van der Waals surface area contributed by atoms with Gasteiger partial charge in [0.2, 0.25) is 0 Å². The maximum Gasteiger partial charge on any atom is 0.339 e. The summed E-state index contributed by atoms with van der Waals surface area (Å²) >= 11 is 5.69. The second kappa shape index (κ2) is 5.76. The Balaban J connectivity index is 2.29. The lowest BCUT2D eigenvalue weighted by Gasteiger charge is -2.08. The van der Waals surface area contributed by atoms with Gasteiger partial charge < -0.3 is 15.5 Å². The smallest absolute Gasteiger partial charge is 0.339 e. The number of rotatable bonds is 3. The Kier molecular flexibility index (Phi) is 4.04. The van der Waals surface area contributed by atoms with Crippen molar-refractivity contribution >= 4 is 29.2 Å². The highest BCUT2D eigenvalue weighted by Crippen LogP contribution is 2.22. The van der Waals surface area contributed by atoms with Crippen LogP contribution in [0, 0.1) is 5.82 Å². The molecular weight excluding hydrogens is 303 g/mol. The van der Waals surface area contributed by atoms with Crippen LogP contribution >= 0.6 is 11.6 Å². The van der Waals surface area contributed by atoms with E-state index in [4.69, 9.17) is 16.7 Å². The number of halogens is 2. The van der Waals surface area contributed by atoms with Crippen LogP contribution in [0.5, 0.6) is 5.75 Å². The Morgan fingerprint density at radius 1 is 1.24 bits per heavy atom. The van der Waals surface area contributed by atoms with Gasteiger partial charge in [-0.25, -0.2) is 14.2 Å². The van der Waals surface area contributed by atoms with Crippen molar-refractivity contribution in [3.05, 3.63) is 52.6 Å². The highest BCUT2D eigenvalue weighted by atomic mass is 35.5. The molecule has 0 atom stereocenters. The number of amides is 1. The third kappa shape index (κ3) is 3.26. The van der Waals surface area contributed by atoms with Gasteiger partial charge in [0.05, 0.1) is 11.8 Å². The monoisotopic (exact) mass is 310 g/mol. The summed E-state index contributed by atoms with van der Waals surface area (Å²) in [6, 6.07) is 4.38. The number of carbonyl (C=O) groups is 2. The lowest BCUT2D eigenvalue weighted by atomic mass is 10.1. The van der Waals surface area contributed by atoms with Gasteiger partial charge >= 0.3 is 5.97 Å². The molecule has 2 aromatic rings. The highest BCUT2D eigenvalue weighted by molar-refractivity contribution is 6.33. The van der Waals surface area contributed by atoms with E-state index in [1.54, 1.807) is 0 Å². The van der Waals surface area contributed by atoms with E-state index in [2.05, 4.69) is 10.3 Å². The van der Waals surface area contributed by atoms with Crippen LogP contribution in [0.15, 0.2) is 30.5 Å². The maximum atomic E-state index is 13.1. The molecule has 3 N–H and O–H groups in total. The molecule has 1 aromatic carbocycles. The fourth-order valence-electron chi connectivity index (χ4n) is 1.57. The lowest BCUT2D eigenvalue weighted by Crippen LogP contribution is -2.14. The fourth-order valence-corrected chi connectivity index (χ4v) is 1.75. The van der Waals surface area contributed by atoms with Crippen LogP contribution in [0.4, 0.5) is 10.1 Å². The van der Waals surface area contributed by atoms with Crippen LogP contribution in [-0.4, -0.2) is 27.1 Å². The van der Waals surface area contributed by atoms with Crippen LogP contribution in [0.25, 0.3) is 0 Å².